The van der Waals surface area contributed by atoms with Crippen molar-refractivity contribution in [1.29, 1.82) is 0 Å². The van der Waals surface area contributed by atoms with Crippen LogP contribution in [0.4, 0.5) is 0 Å². The van der Waals surface area contributed by atoms with Crippen molar-refractivity contribution in [3.8, 4) is 0 Å². The van der Waals surface area contributed by atoms with Crippen LogP contribution in [0.2, 0.25) is 0 Å². The fourth-order valence-corrected chi connectivity index (χ4v) is 2.62. The number of pyridine rings is 1. The van der Waals surface area contributed by atoms with E-state index in [0.29, 0.717) is 11.5 Å². The van der Waals surface area contributed by atoms with Crippen molar-refractivity contribution in [3.05, 3.63) is 83.7 Å². The number of benzene rings is 1. The fourth-order valence-electron chi connectivity index (χ4n) is 2.42. The van der Waals surface area contributed by atoms with E-state index in [-0.39, 0.29) is 0 Å². The van der Waals surface area contributed by atoms with Gasteiger partial charge in [-0.3, -0.25) is 4.98 Å². The van der Waals surface area contributed by atoms with Gasteiger partial charge in [-0.25, -0.2) is 4.98 Å². The molecule has 0 amide bonds. The Balaban J connectivity index is 1.86. The van der Waals surface area contributed by atoms with Crippen molar-refractivity contribution >= 4 is 17.2 Å². The fraction of sp³-hybridized carbons (Fsp3) is 0.118. The van der Waals surface area contributed by atoms with Crippen LogP contribution in [0.5, 0.6) is 0 Å². The van der Waals surface area contributed by atoms with Gasteiger partial charge in [-0.15, -0.1) is 0 Å². The van der Waals surface area contributed by atoms with Gasteiger partial charge in [0.05, 0.1) is 0 Å². The standard InChI is InChI=1S/C17H16N4S/c18-17(22)15-4-2-1-3-14(15)12-21-10-9-20-16(21)11-13-5-7-19-8-6-13/h1-10H,11-12H2,(H2,18,22). The van der Waals surface area contributed by atoms with Crippen molar-refractivity contribution < 1.29 is 0 Å². The SMILES string of the molecule is NC(=S)c1ccccc1Cn1ccnc1Cc1ccncc1. The van der Waals surface area contributed by atoms with Crippen molar-refractivity contribution in [2.45, 2.75) is 13.0 Å². The van der Waals surface area contributed by atoms with Crippen LogP contribution in [0.3, 0.4) is 0 Å². The molecule has 0 saturated heterocycles. The summed E-state index contributed by atoms with van der Waals surface area (Å²) >= 11 is 5.13. The summed E-state index contributed by atoms with van der Waals surface area (Å²) in [6, 6.07) is 12.0. The molecule has 4 nitrogen and oxygen atoms in total. The molecule has 3 aromatic rings. The first kappa shape index (κ1) is 14.4. The maximum absolute atomic E-state index is 5.80. The summed E-state index contributed by atoms with van der Waals surface area (Å²) in [5.41, 5.74) is 9.01. The van der Waals surface area contributed by atoms with Gasteiger partial charge in [0, 0.05) is 43.3 Å². The Hall–Kier alpha value is -2.53. The van der Waals surface area contributed by atoms with Crippen LogP contribution in [0.1, 0.15) is 22.5 Å². The smallest absolute Gasteiger partial charge is 0.113 e. The van der Waals surface area contributed by atoms with Crippen molar-refractivity contribution in [1.82, 2.24) is 14.5 Å². The zero-order chi connectivity index (χ0) is 15.4. The second-order valence-electron chi connectivity index (χ2n) is 5.03. The molecule has 2 aromatic heterocycles. The molecule has 0 aliphatic carbocycles. The van der Waals surface area contributed by atoms with Gasteiger partial charge in [-0.05, 0) is 23.3 Å². The minimum absolute atomic E-state index is 0.423. The van der Waals surface area contributed by atoms with Gasteiger partial charge in [0.15, 0.2) is 0 Å². The summed E-state index contributed by atoms with van der Waals surface area (Å²) in [6.07, 6.45) is 8.16. The van der Waals surface area contributed by atoms with Gasteiger partial charge in [-0.1, -0.05) is 36.5 Å². The highest BCUT2D eigenvalue weighted by atomic mass is 32.1. The molecule has 3 rings (SSSR count). The van der Waals surface area contributed by atoms with Crippen LogP contribution in [0.15, 0.2) is 61.2 Å². The molecule has 1 aromatic carbocycles. The number of thiocarbonyl (C=S) groups is 1. The molecule has 0 bridgehead atoms. The number of aromatic nitrogens is 3. The van der Waals surface area contributed by atoms with Gasteiger partial charge < -0.3 is 10.3 Å². The highest BCUT2D eigenvalue weighted by molar-refractivity contribution is 7.80. The normalized spacial score (nSPS) is 10.5. The van der Waals surface area contributed by atoms with Crippen LogP contribution in [0, 0.1) is 0 Å². The Labute approximate surface area is 134 Å². The first-order chi connectivity index (χ1) is 10.7. The van der Waals surface area contributed by atoms with Crippen LogP contribution in [-0.2, 0) is 13.0 Å². The van der Waals surface area contributed by atoms with Gasteiger partial charge in [0.25, 0.3) is 0 Å². The average molecular weight is 308 g/mol. The Morgan fingerprint density at radius 2 is 1.86 bits per heavy atom. The Kier molecular flexibility index (Phi) is 4.25. The second kappa shape index (κ2) is 6.49. The lowest BCUT2D eigenvalue weighted by atomic mass is 10.1. The lowest BCUT2D eigenvalue weighted by Gasteiger charge is -2.11. The molecule has 0 aliphatic rings. The van der Waals surface area contributed by atoms with Gasteiger partial charge in [0.2, 0.25) is 0 Å². The molecule has 0 fully saturated rings. The quantitative estimate of drug-likeness (QED) is 0.736. The van der Waals surface area contributed by atoms with Crippen LogP contribution >= 0.6 is 12.2 Å². The molecule has 0 saturated carbocycles. The Bertz CT molecular complexity index is 780. The van der Waals surface area contributed by atoms with Crippen LogP contribution in [-0.4, -0.2) is 19.5 Å². The highest BCUT2D eigenvalue weighted by Crippen LogP contribution is 2.14. The summed E-state index contributed by atoms with van der Waals surface area (Å²) in [5.74, 6) is 1.00. The summed E-state index contributed by atoms with van der Waals surface area (Å²) in [4.78, 5) is 8.92. The number of hydrogen-bond acceptors (Lipinski definition) is 3. The van der Waals surface area contributed by atoms with E-state index >= 15 is 0 Å². The maximum atomic E-state index is 5.80. The molecule has 0 spiro atoms. The second-order valence-corrected chi connectivity index (χ2v) is 5.46. The topological polar surface area (TPSA) is 56.7 Å². The van der Waals surface area contributed by atoms with E-state index in [2.05, 4.69) is 14.5 Å². The molecule has 2 N–H and O–H groups in total. The Morgan fingerprint density at radius 1 is 1.09 bits per heavy atom. The number of imidazole rings is 1. The predicted molar refractivity (Wildman–Crippen MR) is 90.7 cm³/mol. The number of nitrogens with zero attached hydrogens (tertiary/aromatic N) is 3. The minimum atomic E-state index is 0.423. The zero-order valence-corrected chi connectivity index (χ0v) is 12.8. The summed E-state index contributed by atoms with van der Waals surface area (Å²) in [5, 5.41) is 0. The third-order valence-corrected chi connectivity index (χ3v) is 3.76. The van der Waals surface area contributed by atoms with Crippen LogP contribution < -0.4 is 5.73 Å². The average Bonchev–Trinajstić information content (AvgIpc) is 2.96. The van der Waals surface area contributed by atoms with E-state index < -0.39 is 0 Å². The molecule has 5 heteroatoms. The molecular formula is C17H16N4S. The van der Waals surface area contributed by atoms with E-state index in [0.717, 1.165) is 23.4 Å². The van der Waals surface area contributed by atoms with Crippen molar-refractivity contribution in [2.75, 3.05) is 0 Å². The molecule has 2 heterocycles. The van der Waals surface area contributed by atoms with E-state index in [4.69, 9.17) is 18.0 Å². The maximum Gasteiger partial charge on any atom is 0.113 e. The van der Waals surface area contributed by atoms with Gasteiger partial charge in [-0.2, -0.15) is 0 Å². The van der Waals surface area contributed by atoms with E-state index in [1.165, 1.54) is 5.56 Å². The summed E-state index contributed by atoms with van der Waals surface area (Å²) in [7, 11) is 0. The summed E-state index contributed by atoms with van der Waals surface area (Å²) < 4.78 is 2.12. The largest absolute Gasteiger partial charge is 0.389 e. The third-order valence-electron chi connectivity index (χ3n) is 3.54. The van der Waals surface area contributed by atoms with E-state index in [1.807, 2.05) is 48.8 Å². The minimum Gasteiger partial charge on any atom is -0.389 e. The molecule has 22 heavy (non-hydrogen) atoms. The zero-order valence-electron chi connectivity index (χ0n) is 12.0. The number of rotatable bonds is 5. The molecule has 0 atom stereocenters. The monoisotopic (exact) mass is 308 g/mol. The van der Waals surface area contributed by atoms with Gasteiger partial charge in [0.1, 0.15) is 10.8 Å². The van der Waals surface area contributed by atoms with E-state index in [1.54, 1.807) is 12.4 Å². The third kappa shape index (κ3) is 3.20. The molecule has 110 valence electrons. The van der Waals surface area contributed by atoms with Gasteiger partial charge >= 0.3 is 0 Å². The lowest BCUT2D eigenvalue weighted by molar-refractivity contribution is 0.739. The predicted octanol–water partition coefficient (Wildman–Crippen LogP) is 2.55. The summed E-state index contributed by atoms with van der Waals surface area (Å²) in [6.45, 7) is 0.702. The van der Waals surface area contributed by atoms with Crippen LogP contribution in [0.25, 0.3) is 0 Å². The highest BCUT2D eigenvalue weighted by Gasteiger charge is 2.08. The van der Waals surface area contributed by atoms with E-state index in [9.17, 15) is 0 Å². The lowest BCUT2D eigenvalue weighted by Crippen LogP contribution is -2.14. The first-order valence-corrected chi connectivity index (χ1v) is 7.41. The molecule has 0 aliphatic heterocycles. The van der Waals surface area contributed by atoms with Crippen molar-refractivity contribution in [2.24, 2.45) is 5.73 Å². The molecular weight excluding hydrogens is 292 g/mol. The van der Waals surface area contributed by atoms with Crippen molar-refractivity contribution in [3.63, 3.8) is 0 Å². The number of hydrogen-bond donors (Lipinski definition) is 1. The number of nitrogens with two attached hydrogens (primary N) is 1. The molecule has 0 radical (unpaired) electrons. The molecule has 0 unspecified atom stereocenters. The Morgan fingerprint density at radius 3 is 2.64 bits per heavy atom. The first-order valence-electron chi connectivity index (χ1n) is 7.00.